The monoisotopic (exact) mass is 543 g/mol. The molecule has 0 unspecified atom stereocenters. The summed E-state index contributed by atoms with van der Waals surface area (Å²) >= 11 is 0. The van der Waals surface area contributed by atoms with Gasteiger partial charge in [0.25, 0.3) is 11.6 Å². The maximum absolute atomic E-state index is 13.0. The summed E-state index contributed by atoms with van der Waals surface area (Å²) in [6.45, 7) is 0.691. The number of likely N-dealkylation sites (tertiary alicyclic amines) is 1. The van der Waals surface area contributed by atoms with Crippen LogP contribution in [0.5, 0.6) is 17.2 Å². The molecule has 2 aromatic heterocycles. The molecule has 2 amide bonds. The van der Waals surface area contributed by atoms with Gasteiger partial charge < -0.3 is 25.4 Å². The molecule has 4 aromatic rings. The van der Waals surface area contributed by atoms with Crippen molar-refractivity contribution in [1.29, 1.82) is 0 Å². The average molecular weight is 544 g/mol. The van der Waals surface area contributed by atoms with E-state index >= 15 is 0 Å². The summed E-state index contributed by atoms with van der Waals surface area (Å²) < 4.78 is 12.8. The number of nitro groups is 1. The van der Waals surface area contributed by atoms with Gasteiger partial charge in [-0.2, -0.15) is 5.10 Å². The van der Waals surface area contributed by atoms with Crippen molar-refractivity contribution in [2.24, 2.45) is 7.05 Å². The van der Waals surface area contributed by atoms with Crippen molar-refractivity contribution in [3.05, 3.63) is 88.9 Å². The number of carbonyl (C=O) groups excluding carboxylic acids is 2. The number of aromatic nitrogens is 3. The van der Waals surface area contributed by atoms with Gasteiger partial charge in [0.15, 0.2) is 0 Å². The molecule has 0 spiro atoms. The molecule has 1 aliphatic heterocycles. The van der Waals surface area contributed by atoms with Crippen molar-refractivity contribution in [3.8, 4) is 28.4 Å². The van der Waals surface area contributed by atoms with Crippen molar-refractivity contribution >= 4 is 23.5 Å². The lowest BCUT2D eigenvalue weighted by molar-refractivity contribution is -0.384. The Hall–Kier alpha value is -5.46. The lowest BCUT2D eigenvalue weighted by atomic mass is 10.1. The van der Waals surface area contributed by atoms with Gasteiger partial charge in [0, 0.05) is 61.8 Å². The summed E-state index contributed by atoms with van der Waals surface area (Å²) in [6, 6.07) is 13.5. The summed E-state index contributed by atoms with van der Waals surface area (Å²) in [7, 11) is 1.80. The van der Waals surface area contributed by atoms with E-state index in [-0.39, 0.29) is 35.6 Å². The second-order valence-electron chi connectivity index (χ2n) is 9.16. The highest BCUT2D eigenvalue weighted by Crippen LogP contribution is 2.26. The highest BCUT2D eigenvalue weighted by atomic mass is 16.6. The zero-order valence-corrected chi connectivity index (χ0v) is 21.4. The van der Waals surface area contributed by atoms with E-state index in [1.54, 1.807) is 54.5 Å². The van der Waals surface area contributed by atoms with Gasteiger partial charge in [-0.05, 0) is 48.9 Å². The SMILES string of the molecule is Cn1cc(-c2cnc(N)c(C(=O)N[C@@H]3CCN(C(=O)Oc4ccc(Oc5ccc([N+](=O)[O-])cc5)cc4)C3)c2)cn1. The molecule has 1 atom stereocenters. The molecule has 0 aliphatic carbocycles. The van der Waals surface area contributed by atoms with Crippen LogP contribution in [0, 0.1) is 10.1 Å². The van der Waals surface area contributed by atoms with E-state index in [1.165, 1.54) is 29.2 Å². The zero-order chi connectivity index (χ0) is 28.2. The van der Waals surface area contributed by atoms with Crippen LogP contribution in [-0.2, 0) is 7.05 Å². The normalized spacial score (nSPS) is 14.5. The number of nitro benzene ring substituents is 1. The third-order valence-electron chi connectivity index (χ3n) is 6.30. The smallest absolute Gasteiger partial charge is 0.415 e. The zero-order valence-electron chi connectivity index (χ0n) is 21.4. The number of nitrogen functional groups attached to an aromatic ring is 1. The first-order chi connectivity index (χ1) is 19.2. The Balaban J connectivity index is 1.14. The number of rotatable bonds is 7. The molecule has 2 aromatic carbocycles. The fourth-order valence-corrected chi connectivity index (χ4v) is 4.21. The summed E-state index contributed by atoms with van der Waals surface area (Å²) in [6.07, 6.45) is 5.09. The van der Waals surface area contributed by atoms with Crippen molar-refractivity contribution in [1.82, 2.24) is 25.0 Å². The van der Waals surface area contributed by atoms with Crippen LogP contribution in [0.1, 0.15) is 16.8 Å². The Bertz CT molecular complexity index is 1550. The lowest BCUT2D eigenvalue weighted by Crippen LogP contribution is -2.39. The molecule has 1 aliphatic rings. The molecule has 0 saturated carbocycles. The Morgan fingerprint density at radius 3 is 2.38 bits per heavy atom. The molecular weight excluding hydrogens is 518 g/mol. The highest BCUT2D eigenvalue weighted by molar-refractivity contribution is 5.99. The number of ether oxygens (including phenoxy) is 2. The van der Waals surface area contributed by atoms with Crippen LogP contribution in [-0.4, -0.2) is 55.7 Å². The summed E-state index contributed by atoms with van der Waals surface area (Å²) in [4.78, 5) is 41.6. The first-order valence-corrected chi connectivity index (χ1v) is 12.3. The van der Waals surface area contributed by atoms with E-state index in [2.05, 4.69) is 15.4 Å². The van der Waals surface area contributed by atoms with Crippen LogP contribution < -0.4 is 20.5 Å². The van der Waals surface area contributed by atoms with Crippen LogP contribution in [0.3, 0.4) is 0 Å². The molecule has 1 saturated heterocycles. The minimum atomic E-state index is -0.541. The van der Waals surface area contributed by atoms with Crippen molar-refractivity contribution in [2.45, 2.75) is 12.5 Å². The van der Waals surface area contributed by atoms with E-state index in [9.17, 15) is 19.7 Å². The third kappa shape index (κ3) is 5.99. The van der Waals surface area contributed by atoms with Crippen LogP contribution in [0.4, 0.5) is 16.3 Å². The van der Waals surface area contributed by atoms with Gasteiger partial charge in [-0.15, -0.1) is 0 Å². The summed E-state index contributed by atoms with van der Waals surface area (Å²) in [5.74, 6) is 0.959. The topological polar surface area (TPSA) is 168 Å². The maximum Gasteiger partial charge on any atom is 0.415 e. The quantitative estimate of drug-likeness (QED) is 0.260. The van der Waals surface area contributed by atoms with Crippen molar-refractivity contribution in [2.75, 3.05) is 18.8 Å². The maximum atomic E-state index is 13.0. The lowest BCUT2D eigenvalue weighted by Gasteiger charge is -2.17. The molecule has 13 heteroatoms. The Kier molecular flexibility index (Phi) is 7.27. The summed E-state index contributed by atoms with van der Waals surface area (Å²) in [5.41, 5.74) is 7.71. The predicted molar refractivity (Wildman–Crippen MR) is 144 cm³/mol. The van der Waals surface area contributed by atoms with Gasteiger partial charge in [-0.3, -0.25) is 19.6 Å². The molecule has 40 heavy (non-hydrogen) atoms. The molecule has 0 radical (unpaired) electrons. The number of nitrogens with zero attached hydrogens (tertiary/aromatic N) is 5. The fourth-order valence-electron chi connectivity index (χ4n) is 4.21. The molecule has 3 N–H and O–H groups in total. The number of nitrogens with one attached hydrogen (secondary N) is 1. The Morgan fingerprint density at radius 2 is 1.73 bits per heavy atom. The number of hydrogen-bond donors (Lipinski definition) is 2. The van der Waals surface area contributed by atoms with Crippen molar-refractivity contribution in [3.63, 3.8) is 0 Å². The molecule has 3 heterocycles. The molecule has 13 nitrogen and oxygen atoms in total. The van der Waals surface area contributed by atoms with Gasteiger partial charge in [-0.25, -0.2) is 9.78 Å². The van der Waals surface area contributed by atoms with Crippen LogP contribution in [0.15, 0.2) is 73.2 Å². The minimum Gasteiger partial charge on any atom is -0.457 e. The van der Waals surface area contributed by atoms with E-state index in [0.29, 0.717) is 35.8 Å². The van der Waals surface area contributed by atoms with Gasteiger partial charge in [0.05, 0.1) is 16.7 Å². The van der Waals surface area contributed by atoms with E-state index in [1.807, 2.05) is 6.20 Å². The standard InChI is InChI=1S/C27H25N7O6/c1-32-15-18(14-30-32)17-12-24(25(28)29-13-17)26(35)31-19-10-11-33(16-19)27(36)40-23-8-6-22(7-9-23)39-21-4-2-20(3-5-21)34(37)38/h2-9,12-15,19H,10-11,16H2,1H3,(H2,28,29)(H,31,35)/t19-/m1/s1. The molecule has 1 fully saturated rings. The minimum absolute atomic E-state index is 0.0329. The molecular formula is C27H25N7O6. The fraction of sp³-hybridized carbons (Fsp3) is 0.185. The summed E-state index contributed by atoms with van der Waals surface area (Å²) in [5, 5.41) is 17.8. The van der Waals surface area contributed by atoms with Crippen LogP contribution in [0.2, 0.25) is 0 Å². The van der Waals surface area contributed by atoms with Crippen LogP contribution >= 0.6 is 0 Å². The van der Waals surface area contributed by atoms with E-state index in [4.69, 9.17) is 15.2 Å². The van der Waals surface area contributed by atoms with Crippen molar-refractivity contribution < 1.29 is 24.0 Å². The number of anilines is 1. The molecule has 204 valence electrons. The highest BCUT2D eigenvalue weighted by Gasteiger charge is 2.29. The van der Waals surface area contributed by atoms with Gasteiger partial charge in [-0.1, -0.05) is 0 Å². The third-order valence-corrected chi connectivity index (χ3v) is 6.30. The second kappa shape index (κ2) is 11.1. The van der Waals surface area contributed by atoms with Gasteiger partial charge in [0.1, 0.15) is 23.1 Å². The second-order valence-corrected chi connectivity index (χ2v) is 9.16. The number of amides is 2. The van der Waals surface area contributed by atoms with Gasteiger partial charge in [0.2, 0.25) is 0 Å². The van der Waals surface area contributed by atoms with Crippen LogP contribution in [0.25, 0.3) is 11.1 Å². The predicted octanol–water partition coefficient (Wildman–Crippen LogP) is 3.77. The number of aryl methyl sites for hydroxylation is 1. The number of carbonyl (C=O) groups is 2. The largest absolute Gasteiger partial charge is 0.457 e. The van der Waals surface area contributed by atoms with E-state index in [0.717, 1.165) is 5.56 Å². The molecule has 0 bridgehead atoms. The number of nitrogens with two attached hydrogens (primary N) is 1. The van der Waals surface area contributed by atoms with E-state index < -0.39 is 11.0 Å². The average Bonchev–Trinajstić information content (AvgIpc) is 3.59. The molecule has 5 rings (SSSR count). The Labute approximate surface area is 228 Å². The Morgan fingerprint density at radius 1 is 1.05 bits per heavy atom. The number of pyridine rings is 1. The number of benzene rings is 2. The first kappa shape index (κ1) is 26.2. The number of non-ortho nitro benzene ring substituents is 1. The van der Waals surface area contributed by atoms with Gasteiger partial charge >= 0.3 is 6.09 Å². The number of hydrogen-bond acceptors (Lipinski definition) is 9. The first-order valence-electron chi connectivity index (χ1n) is 12.3.